The lowest BCUT2D eigenvalue weighted by Crippen LogP contribution is -2.31. The molecule has 1 atom stereocenters. The normalized spacial score (nSPS) is 11.5. The molecule has 28 heavy (non-hydrogen) atoms. The maximum atomic E-state index is 12.7. The molecule has 0 aromatic heterocycles. The maximum Gasteiger partial charge on any atom is 0.253 e. The fraction of sp³-hybridized carbons (Fsp3) is 0.0909. The average Bonchev–Trinajstić information content (AvgIpc) is 2.70. The molecular weight excluding hydrogens is 395 g/mol. The molecule has 142 valence electrons. The Hall–Kier alpha value is -2.82. The molecule has 0 aliphatic heterocycles. The lowest BCUT2D eigenvalue weighted by molar-refractivity contribution is -0.116. The molecule has 0 aliphatic rings. The Kier molecular flexibility index (Phi) is 6.69. The van der Waals surface area contributed by atoms with Crippen LogP contribution in [0.5, 0.6) is 0 Å². The van der Waals surface area contributed by atoms with Crippen LogP contribution >= 0.6 is 23.2 Å². The van der Waals surface area contributed by atoms with Crippen LogP contribution in [0, 0.1) is 0 Å². The number of hydrogen-bond acceptors (Lipinski definition) is 2. The Morgan fingerprint density at radius 2 is 1.46 bits per heavy atom. The molecule has 2 amide bonds. The second-order valence-electron chi connectivity index (χ2n) is 6.18. The molecular formula is C22H18Cl2N2O2. The highest BCUT2D eigenvalue weighted by Crippen LogP contribution is 2.21. The number of nitrogens with one attached hydrogen (secondary N) is 2. The van der Waals surface area contributed by atoms with Crippen LogP contribution in [0.3, 0.4) is 0 Å². The molecule has 3 aromatic rings. The minimum absolute atomic E-state index is 0.0723. The predicted octanol–water partition coefficient (Wildman–Crippen LogP) is 5.49. The quantitative estimate of drug-likeness (QED) is 0.561. The van der Waals surface area contributed by atoms with E-state index in [1.54, 1.807) is 48.5 Å². The number of carbonyl (C=O) groups excluding carboxylic acids is 2. The van der Waals surface area contributed by atoms with E-state index >= 15 is 0 Å². The van der Waals surface area contributed by atoms with Crippen molar-refractivity contribution in [1.29, 1.82) is 0 Å². The van der Waals surface area contributed by atoms with Crippen LogP contribution in [0.2, 0.25) is 10.0 Å². The molecule has 0 saturated carbocycles. The highest BCUT2D eigenvalue weighted by Gasteiger charge is 2.20. The summed E-state index contributed by atoms with van der Waals surface area (Å²) >= 11 is 12.0. The SMILES string of the molecule is O=C(C[C@H](NC(=O)c1ccccc1Cl)c1ccccc1)Nc1ccc(Cl)cc1. The number of amides is 2. The molecule has 6 heteroatoms. The van der Waals surface area contributed by atoms with E-state index in [1.165, 1.54) is 0 Å². The average molecular weight is 413 g/mol. The number of anilines is 1. The zero-order valence-corrected chi connectivity index (χ0v) is 16.4. The molecule has 4 nitrogen and oxygen atoms in total. The van der Waals surface area contributed by atoms with Crippen molar-refractivity contribution in [1.82, 2.24) is 5.32 Å². The standard InChI is InChI=1S/C22H18Cl2N2O2/c23-16-10-12-17(13-11-16)25-21(27)14-20(15-6-2-1-3-7-15)26-22(28)18-8-4-5-9-19(18)24/h1-13,20H,14H2,(H,25,27)(H,26,28)/t20-/m0/s1. The Labute approximate surface area is 173 Å². The zero-order chi connectivity index (χ0) is 19.9. The van der Waals surface area contributed by atoms with Gasteiger partial charge in [0.15, 0.2) is 0 Å². The maximum absolute atomic E-state index is 12.7. The zero-order valence-electron chi connectivity index (χ0n) is 14.9. The Morgan fingerprint density at radius 1 is 0.821 bits per heavy atom. The molecule has 0 heterocycles. The van der Waals surface area contributed by atoms with Crippen LogP contribution in [0.1, 0.15) is 28.4 Å². The van der Waals surface area contributed by atoms with Crippen molar-refractivity contribution >= 4 is 40.7 Å². The van der Waals surface area contributed by atoms with Gasteiger partial charge in [0.2, 0.25) is 5.91 Å². The molecule has 3 rings (SSSR count). The second kappa shape index (κ2) is 9.40. The summed E-state index contributed by atoms with van der Waals surface area (Å²) < 4.78 is 0. The Balaban J connectivity index is 1.76. The summed E-state index contributed by atoms with van der Waals surface area (Å²) in [4.78, 5) is 25.2. The topological polar surface area (TPSA) is 58.2 Å². The van der Waals surface area contributed by atoms with Gasteiger partial charge in [-0.2, -0.15) is 0 Å². The first-order valence-corrected chi connectivity index (χ1v) is 9.44. The van der Waals surface area contributed by atoms with E-state index in [1.807, 2.05) is 30.3 Å². The third kappa shape index (κ3) is 5.35. The van der Waals surface area contributed by atoms with Crippen molar-refractivity contribution in [2.75, 3.05) is 5.32 Å². The first-order chi connectivity index (χ1) is 13.5. The van der Waals surface area contributed by atoms with Crippen LogP contribution < -0.4 is 10.6 Å². The van der Waals surface area contributed by atoms with Crippen molar-refractivity contribution in [3.63, 3.8) is 0 Å². The lowest BCUT2D eigenvalue weighted by Gasteiger charge is -2.19. The highest BCUT2D eigenvalue weighted by molar-refractivity contribution is 6.33. The number of rotatable bonds is 6. The Morgan fingerprint density at radius 3 is 2.14 bits per heavy atom. The predicted molar refractivity (Wildman–Crippen MR) is 113 cm³/mol. The molecule has 0 saturated heterocycles. The third-order valence-electron chi connectivity index (χ3n) is 4.14. The number of benzene rings is 3. The van der Waals surface area contributed by atoms with Crippen LogP contribution in [0.4, 0.5) is 5.69 Å². The van der Waals surface area contributed by atoms with Crippen molar-refractivity contribution in [3.8, 4) is 0 Å². The monoisotopic (exact) mass is 412 g/mol. The fourth-order valence-electron chi connectivity index (χ4n) is 2.75. The smallest absolute Gasteiger partial charge is 0.253 e. The van der Waals surface area contributed by atoms with Gasteiger partial charge < -0.3 is 10.6 Å². The molecule has 0 bridgehead atoms. The molecule has 0 spiro atoms. The van der Waals surface area contributed by atoms with E-state index in [-0.39, 0.29) is 18.2 Å². The number of hydrogen-bond donors (Lipinski definition) is 2. The largest absolute Gasteiger partial charge is 0.345 e. The van der Waals surface area contributed by atoms with E-state index in [4.69, 9.17) is 23.2 Å². The summed E-state index contributed by atoms with van der Waals surface area (Å²) in [5.41, 5.74) is 1.83. The van der Waals surface area contributed by atoms with E-state index in [2.05, 4.69) is 10.6 Å². The first kappa shape index (κ1) is 19.9. The van der Waals surface area contributed by atoms with Crippen molar-refractivity contribution in [2.45, 2.75) is 12.5 Å². The summed E-state index contributed by atoms with van der Waals surface area (Å²) in [6, 6.07) is 22.5. The summed E-state index contributed by atoms with van der Waals surface area (Å²) in [7, 11) is 0. The Bertz CT molecular complexity index is 960. The molecule has 0 fully saturated rings. The summed E-state index contributed by atoms with van der Waals surface area (Å²) in [5, 5.41) is 6.68. The van der Waals surface area contributed by atoms with Crippen molar-refractivity contribution in [2.24, 2.45) is 0 Å². The minimum atomic E-state index is -0.503. The molecule has 2 N–H and O–H groups in total. The van der Waals surface area contributed by atoms with Crippen LogP contribution in [-0.2, 0) is 4.79 Å². The van der Waals surface area contributed by atoms with Crippen LogP contribution in [0.25, 0.3) is 0 Å². The van der Waals surface area contributed by atoms with Gasteiger partial charge in [-0.05, 0) is 42.0 Å². The van der Waals surface area contributed by atoms with Crippen molar-refractivity contribution < 1.29 is 9.59 Å². The number of carbonyl (C=O) groups is 2. The van der Waals surface area contributed by atoms with E-state index in [0.717, 1.165) is 5.56 Å². The van der Waals surface area contributed by atoms with Gasteiger partial charge in [0.25, 0.3) is 5.91 Å². The second-order valence-corrected chi connectivity index (χ2v) is 7.02. The van der Waals surface area contributed by atoms with E-state index < -0.39 is 6.04 Å². The highest BCUT2D eigenvalue weighted by atomic mass is 35.5. The van der Waals surface area contributed by atoms with Gasteiger partial charge in [0.1, 0.15) is 0 Å². The van der Waals surface area contributed by atoms with Gasteiger partial charge in [0.05, 0.1) is 23.0 Å². The van der Waals surface area contributed by atoms with E-state index in [9.17, 15) is 9.59 Å². The first-order valence-electron chi connectivity index (χ1n) is 8.68. The summed E-state index contributed by atoms with van der Waals surface area (Å²) in [6.07, 6.45) is 0.0723. The minimum Gasteiger partial charge on any atom is -0.345 e. The summed E-state index contributed by atoms with van der Waals surface area (Å²) in [6.45, 7) is 0. The van der Waals surface area contributed by atoms with E-state index in [0.29, 0.717) is 21.3 Å². The van der Waals surface area contributed by atoms with Gasteiger partial charge in [-0.15, -0.1) is 0 Å². The lowest BCUT2D eigenvalue weighted by atomic mass is 10.0. The van der Waals surface area contributed by atoms with Crippen molar-refractivity contribution in [3.05, 3.63) is 100 Å². The van der Waals surface area contributed by atoms with Crippen LogP contribution in [0.15, 0.2) is 78.9 Å². The molecule has 0 unspecified atom stereocenters. The molecule has 3 aromatic carbocycles. The number of halogens is 2. The summed E-state index contributed by atoms with van der Waals surface area (Å²) in [5.74, 6) is -0.561. The van der Waals surface area contributed by atoms with Gasteiger partial charge in [-0.25, -0.2) is 0 Å². The van der Waals surface area contributed by atoms with Gasteiger partial charge in [-0.1, -0.05) is 65.7 Å². The molecule has 0 radical (unpaired) electrons. The molecule has 0 aliphatic carbocycles. The third-order valence-corrected chi connectivity index (χ3v) is 4.72. The fourth-order valence-corrected chi connectivity index (χ4v) is 3.10. The van der Waals surface area contributed by atoms with Gasteiger partial charge in [-0.3, -0.25) is 9.59 Å². The van der Waals surface area contributed by atoms with Gasteiger partial charge in [0, 0.05) is 10.7 Å². The van der Waals surface area contributed by atoms with Crippen LogP contribution in [-0.4, -0.2) is 11.8 Å². The van der Waals surface area contributed by atoms with Gasteiger partial charge >= 0.3 is 0 Å².